The first-order chi connectivity index (χ1) is 7.18. The Kier molecular flexibility index (Phi) is 9.06. The lowest BCUT2D eigenvalue weighted by atomic mass is 9.88. The molecule has 0 aromatic heterocycles. The standard InChI is InChI=1S/C12H26NO2/c1-4-7-12(13,8-10-14-5-2)9-11-15-6-3/h1,4-11,13H2,2-3H3. The molecule has 0 saturated heterocycles. The molecule has 0 bridgehead atoms. The highest BCUT2D eigenvalue weighted by Gasteiger charge is 2.23. The van der Waals surface area contributed by atoms with Gasteiger partial charge in [0.2, 0.25) is 0 Å². The highest BCUT2D eigenvalue weighted by molar-refractivity contribution is 4.84. The van der Waals surface area contributed by atoms with Crippen LogP contribution in [0.25, 0.3) is 0 Å². The van der Waals surface area contributed by atoms with E-state index in [0.29, 0.717) is 0 Å². The van der Waals surface area contributed by atoms with Gasteiger partial charge in [-0.15, -0.1) is 0 Å². The van der Waals surface area contributed by atoms with Gasteiger partial charge >= 0.3 is 0 Å². The molecule has 0 aromatic carbocycles. The minimum atomic E-state index is -0.161. The lowest BCUT2D eigenvalue weighted by molar-refractivity contribution is 0.0942. The lowest BCUT2D eigenvalue weighted by Crippen LogP contribution is -2.42. The van der Waals surface area contributed by atoms with Crippen LogP contribution in [0.5, 0.6) is 0 Å². The largest absolute Gasteiger partial charge is 0.382 e. The Bertz CT molecular complexity index is 130. The molecule has 0 aliphatic rings. The van der Waals surface area contributed by atoms with E-state index in [9.17, 15) is 0 Å². The topological polar surface area (TPSA) is 44.5 Å². The Labute approximate surface area is 94.3 Å². The van der Waals surface area contributed by atoms with Crippen LogP contribution < -0.4 is 5.73 Å². The van der Waals surface area contributed by atoms with Crippen LogP contribution in [0.1, 0.15) is 39.5 Å². The van der Waals surface area contributed by atoms with Crippen molar-refractivity contribution >= 4 is 0 Å². The van der Waals surface area contributed by atoms with Gasteiger partial charge in [0, 0.05) is 32.0 Å². The van der Waals surface area contributed by atoms with E-state index in [1.807, 2.05) is 13.8 Å². The third-order valence-electron chi connectivity index (χ3n) is 2.57. The molecule has 0 aliphatic heterocycles. The molecular weight excluding hydrogens is 190 g/mol. The molecule has 0 saturated carbocycles. The van der Waals surface area contributed by atoms with Crippen LogP contribution in [0, 0.1) is 6.92 Å². The first-order valence-corrected chi connectivity index (χ1v) is 5.92. The van der Waals surface area contributed by atoms with Crippen LogP contribution in [-0.2, 0) is 9.47 Å². The molecule has 0 aromatic rings. The molecule has 1 radical (unpaired) electrons. The minimum Gasteiger partial charge on any atom is -0.382 e. The second-order valence-electron chi connectivity index (χ2n) is 3.86. The van der Waals surface area contributed by atoms with Crippen molar-refractivity contribution in [3.63, 3.8) is 0 Å². The van der Waals surface area contributed by atoms with Crippen molar-refractivity contribution in [1.82, 2.24) is 0 Å². The molecule has 0 heterocycles. The van der Waals surface area contributed by atoms with Crippen LogP contribution in [-0.4, -0.2) is 32.0 Å². The third-order valence-corrected chi connectivity index (χ3v) is 2.57. The summed E-state index contributed by atoms with van der Waals surface area (Å²) in [5.74, 6) is 0. The zero-order chi connectivity index (χ0) is 11.6. The summed E-state index contributed by atoms with van der Waals surface area (Å²) in [6, 6.07) is 0. The van der Waals surface area contributed by atoms with Gasteiger partial charge in [0.1, 0.15) is 0 Å². The van der Waals surface area contributed by atoms with Crippen molar-refractivity contribution in [3.05, 3.63) is 6.92 Å². The van der Waals surface area contributed by atoms with Gasteiger partial charge in [0.15, 0.2) is 0 Å². The second kappa shape index (κ2) is 9.13. The summed E-state index contributed by atoms with van der Waals surface area (Å²) in [6.07, 6.45) is 3.59. The molecule has 3 heteroatoms. The van der Waals surface area contributed by atoms with Gasteiger partial charge in [-0.25, -0.2) is 0 Å². The van der Waals surface area contributed by atoms with E-state index in [-0.39, 0.29) is 5.54 Å². The molecule has 91 valence electrons. The summed E-state index contributed by atoms with van der Waals surface area (Å²) in [5, 5.41) is 0. The average molecular weight is 216 g/mol. The Morgan fingerprint density at radius 2 is 1.47 bits per heavy atom. The summed E-state index contributed by atoms with van der Waals surface area (Å²) in [7, 11) is 0. The average Bonchev–Trinajstić information content (AvgIpc) is 2.19. The van der Waals surface area contributed by atoms with E-state index >= 15 is 0 Å². The fourth-order valence-electron chi connectivity index (χ4n) is 1.57. The van der Waals surface area contributed by atoms with Crippen molar-refractivity contribution in [1.29, 1.82) is 0 Å². The maximum atomic E-state index is 6.29. The number of nitrogens with two attached hydrogens (primary N) is 1. The fraction of sp³-hybridized carbons (Fsp3) is 0.917. The van der Waals surface area contributed by atoms with Gasteiger partial charge in [-0.2, -0.15) is 0 Å². The highest BCUT2D eigenvalue weighted by atomic mass is 16.5. The SMILES string of the molecule is [CH2]CCC(N)(CCOCC)CCOCC. The van der Waals surface area contributed by atoms with E-state index < -0.39 is 0 Å². The molecule has 2 N–H and O–H groups in total. The maximum Gasteiger partial charge on any atom is 0.0483 e. The van der Waals surface area contributed by atoms with Crippen LogP contribution in [0.2, 0.25) is 0 Å². The minimum absolute atomic E-state index is 0.161. The van der Waals surface area contributed by atoms with E-state index in [4.69, 9.17) is 15.2 Å². The molecule has 0 atom stereocenters. The van der Waals surface area contributed by atoms with Crippen LogP contribution >= 0.6 is 0 Å². The summed E-state index contributed by atoms with van der Waals surface area (Å²) >= 11 is 0. The summed E-state index contributed by atoms with van der Waals surface area (Å²) in [5.41, 5.74) is 6.13. The van der Waals surface area contributed by atoms with Crippen LogP contribution in [0.3, 0.4) is 0 Å². The summed E-state index contributed by atoms with van der Waals surface area (Å²) in [6.45, 7) is 10.8. The molecule has 0 aliphatic carbocycles. The zero-order valence-electron chi connectivity index (χ0n) is 10.3. The van der Waals surface area contributed by atoms with Crippen molar-refractivity contribution in [2.24, 2.45) is 5.73 Å². The van der Waals surface area contributed by atoms with Gasteiger partial charge in [0.25, 0.3) is 0 Å². The van der Waals surface area contributed by atoms with E-state index in [2.05, 4.69) is 6.92 Å². The molecule has 0 rings (SSSR count). The summed E-state index contributed by atoms with van der Waals surface area (Å²) < 4.78 is 10.7. The molecule has 0 fully saturated rings. The summed E-state index contributed by atoms with van der Waals surface area (Å²) in [4.78, 5) is 0. The number of ether oxygens (including phenoxy) is 2. The number of hydrogen-bond donors (Lipinski definition) is 1. The van der Waals surface area contributed by atoms with Crippen molar-refractivity contribution in [2.75, 3.05) is 26.4 Å². The van der Waals surface area contributed by atoms with Gasteiger partial charge in [-0.1, -0.05) is 13.3 Å². The van der Waals surface area contributed by atoms with Crippen molar-refractivity contribution in [3.8, 4) is 0 Å². The van der Waals surface area contributed by atoms with E-state index in [1.165, 1.54) is 0 Å². The van der Waals surface area contributed by atoms with Gasteiger partial charge in [-0.05, 0) is 33.1 Å². The number of hydrogen-bond acceptors (Lipinski definition) is 3. The Hall–Kier alpha value is -0.120. The van der Waals surface area contributed by atoms with Crippen LogP contribution in [0.15, 0.2) is 0 Å². The van der Waals surface area contributed by atoms with Gasteiger partial charge < -0.3 is 15.2 Å². The highest BCUT2D eigenvalue weighted by Crippen LogP contribution is 2.19. The molecule has 0 amide bonds. The van der Waals surface area contributed by atoms with Crippen molar-refractivity contribution < 1.29 is 9.47 Å². The Morgan fingerprint density at radius 1 is 1.00 bits per heavy atom. The first-order valence-electron chi connectivity index (χ1n) is 5.92. The Balaban J connectivity index is 3.83. The van der Waals surface area contributed by atoms with Gasteiger partial charge in [-0.3, -0.25) is 0 Å². The molecule has 0 unspecified atom stereocenters. The van der Waals surface area contributed by atoms with Crippen LogP contribution in [0.4, 0.5) is 0 Å². The molecule has 0 spiro atoms. The molecule has 3 nitrogen and oxygen atoms in total. The first kappa shape index (κ1) is 14.9. The predicted molar refractivity (Wildman–Crippen MR) is 63.7 cm³/mol. The number of rotatable bonds is 10. The molecule has 15 heavy (non-hydrogen) atoms. The third kappa shape index (κ3) is 7.77. The second-order valence-corrected chi connectivity index (χ2v) is 3.86. The van der Waals surface area contributed by atoms with Gasteiger partial charge in [0.05, 0.1) is 0 Å². The quantitative estimate of drug-likeness (QED) is 0.569. The maximum absolute atomic E-state index is 6.29. The lowest BCUT2D eigenvalue weighted by Gasteiger charge is -2.29. The molecular formula is C12H26NO2. The smallest absolute Gasteiger partial charge is 0.0483 e. The van der Waals surface area contributed by atoms with Crippen molar-refractivity contribution in [2.45, 2.75) is 45.1 Å². The monoisotopic (exact) mass is 216 g/mol. The normalized spacial score (nSPS) is 12.0. The fourth-order valence-corrected chi connectivity index (χ4v) is 1.57. The Morgan fingerprint density at radius 3 is 1.80 bits per heavy atom. The predicted octanol–water partition coefficient (Wildman–Crippen LogP) is 2.15. The van der Waals surface area contributed by atoms with E-state index in [0.717, 1.165) is 52.1 Å². The zero-order valence-corrected chi connectivity index (χ0v) is 10.3. The van der Waals surface area contributed by atoms with E-state index in [1.54, 1.807) is 0 Å².